The molecule has 1 saturated carbocycles. The molecule has 14 heteroatoms. The first-order chi connectivity index (χ1) is 22.7. The first-order valence-corrected chi connectivity index (χ1v) is 16.3. The molecule has 1 aliphatic carbocycles. The van der Waals surface area contributed by atoms with Gasteiger partial charge < -0.3 is 34.6 Å². The molecule has 47 heavy (non-hydrogen) atoms. The topological polar surface area (TPSA) is 172 Å². The number of ether oxygens (including phenoxy) is 2. The first kappa shape index (κ1) is 33.6. The van der Waals surface area contributed by atoms with Crippen molar-refractivity contribution in [2.45, 2.75) is 45.6 Å². The third-order valence-corrected chi connectivity index (χ3v) is 8.88. The summed E-state index contributed by atoms with van der Waals surface area (Å²) < 4.78 is 10.5. The molecular weight excluding hydrogens is 608 g/mol. The fourth-order valence-corrected chi connectivity index (χ4v) is 6.21. The van der Waals surface area contributed by atoms with Crippen LogP contribution in [0.2, 0.25) is 0 Å². The lowest BCUT2D eigenvalue weighted by molar-refractivity contribution is -0.145. The predicted molar refractivity (Wildman–Crippen MR) is 169 cm³/mol. The third kappa shape index (κ3) is 8.16. The van der Waals surface area contributed by atoms with E-state index in [0.717, 1.165) is 12.8 Å². The van der Waals surface area contributed by atoms with Gasteiger partial charge in [-0.1, -0.05) is 43.7 Å². The second-order valence-corrected chi connectivity index (χ2v) is 12.1. The zero-order chi connectivity index (χ0) is 33.5. The molecule has 3 aliphatic rings. The molecule has 0 bridgehead atoms. The SMILES string of the molecule is CCCCOC(=O)N1CCN(C(=O)[C@H](CCC(=O)O)NC(=O)c2cc(N3C[C@@H]4C(C(=O)OCC)[C@@H]4C3)nc(-c3ccccc3)n2)CC1. The number of piperidine rings is 1. The monoisotopic (exact) mass is 650 g/mol. The van der Waals surface area contributed by atoms with Crippen LogP contribution in [-0.4, -0.2) is 113 Å². The number of carbonyl (C=O) groups excluding carboxylic acids is 4. The number of anilines is 1. The Morgan fingerprint density at radius 3 is 2.28 bits per heavy atom. The summed E-state index contributed by atoms with van der Waals surface area (Å²) in [6, 6.07) is 9.64. The van der Waals surface area contributed by atoms with Crippen molar-refractivity contribution in [1.29, 1.82) is 0 Å². The van der Waals surface area contributed by atoms with Gasteiger partial charge in [-0.15, -0.1) is 0 Å². The number of aliphatic carboxylic acids is 1. The molecule has 3 amide bonds. The molecule has 0 radical (unpaired) electrons. The molecule has 3 heterocycles. The molecular formula is C33H42N6O8. The molecule has 2 N–H and O–H groups in total. The molecule has 252 valence electrons. The Labute approximate surface area is 273 Å². The van der Waals surface area contributed by atoms with E-state index in [2.05, 4.69) is 10.3 Å². The van der Waals surface area contributed by atoms with Crippen molar-refractivity contribution in [3.8, 4) is 11.4 Å². The highest BCUT2D eigenvalue weighted by molar-refractivity contribution is 5.97. The summed E-state index contributed by atoms with van der Waals surface area (Å²) in [7, 11) is 0. The number of esters is 1. The van der Waals surface area contributed by atoms with E-state index >= 15 is 0 Å². The quantitative estimate of drug-likeness (QED) is 0.241. The molecule has 2 aliphatic heterocycles. The van der Waals surface area contributed by atoms with E-state index in [1.165, 1.54) is 9.80 Å². The summed E-state index contributed by atoms with van der Waals surface area (Å²) in [4.78, 5) is 77.8. The van der Waals surface area contributed by atoms with Crippen LogP contribution >= 0.6 is 0 Å². The number of carboxylic acid groups (broad SMARTS) is 1. The molecule has 14 nitrogen and oxygen atoms in total. The van der Waals surface area contributed by atoms with Gasteiger partial charge in [-0.25, -0.2) is 14.8 Å². The molecule has 1 aromatic carbocycles. The van der Waals surface area contributed by atoms with Gasteiger partial charge in [0.25, 0.3) is 5.91 Å². The number of hydrogen-bond acceptors (Lipinski definition) is 10. The van der Waals surface area contributed by atoms with E-state index in [-0.39, 0.29) is 68.4 Å². The van der Waals surface area contributed by atoms with Crippen molar-refractivity contribution >= 4 is 35.7 Å². The van der Waals surface area contributed by atoms with E-state index in [4.69, 9.17) is 14.5 Å². The minimum atomic E-state index is -1.12. The average Bonchev–Trinajstić information content (AvgIpc) is 3.59. The highest BCUT2D eigenvalue weighted by Crippen LogP contribution is 2.53. The smallest absolute Gasteiger partial charge is 0.409 e. The summed E-state index contributed by atoms with van der Waals surface area (Å²) in [5.74, 6) is -1.32. The van der Waals surface area contributed by atoms with Crippen LogP contribution in [0.5, 0.6) is 0 Å². The number of unbranched alkanes of at least 4 members (excludes halogenated alkanes) is 1. The summed E-state index contributed by atoms with van der Waals surface area (Å²) >= 11 is 0. The zero-order valence-electron chi connectivity index (χ0n) is 26.8. The van der Waals surface area contributed by atoms with Crippen molar-refractivity contribution < 1.29 is 38.6 Å². The van der Waals surface area contributed by atoms with Crippen LogP contribution in [0.15, 0.2) is 36.4 Å². The van der Waals surface area contributed by atoms with Gasteiger partial charge in [-0.2, -0.15) is 0 Å². The van der Waals surface area contributed by atoms with Crippen molar-refractivity contribution in [3.05, 3.63) is 42.1 Å². The number of amides is 3. The Kier molecular flexibility index (Phi) is 10.9. The van der Waals surface area contributed by atoms with Crippen molar-refractivity contribution in [2.24, 2.45) is 17.8 Å². The summed E-state index contributed by atoms with van der Waals surface area (Å²) in [5.41, 5.74) is 0.728. The van der Waals surface area contributed by atoms with Crippen LogP contribution in [0, 0.1) is 17.8 Å². The van der Waals surface area contributed by atoms with Crippen molar-refractivity contribution in [2.75, 3.05) is 57.4 Å². The molecule has 4 atom stereocenters. The number of piperazine rings is 1. The van der Waals surface area contributed by atoms with Gasteiger partial charge in [0.15, 0.2) is 5.82 Å². The van der Waals surface area contributed by atoms with Gasteiger partial charge in [0.1, 0.15) is 17.6 Å². The fraction of sp³-hybridized carbons (Fsp3) is 0.545. The standard InChI is InChI=1S/C33H42N6O8/c1-3-5-17-47-33(45)38-15-13-37(14-16-38)31(43)24(11-12-27(40)41)35-30(42)25-18-26(36-29(34-25)21-9-7-6-8-10-21)39-19-22-23(20-39)28(22)32(44)46-4-2/h6-10,18,22-24,28H,3-5,11-17,19-20H2,1-2H3,(H,35,42)(H,40,41)/t22-,23+,24-,28?/m0/s1. The number of fused-ring (bicyclic) bond motifs is 1. The lowest BCUT2D eigenvalue weighted by Gasteiger charge is -2.36. The maximum absolute atomic E-state index is 13.7. The summed E-state index contributed by atoms with van der Waals surface area (Å²) in [5, 5.41) is 12.1. The minimum Gasteiger partial charge on any atom is -0.481 e. The van der Waals surface area contributed by atoms with Gasteiger partial charge in [-0.3, -0.25) is 19.2 Å². The van der Waals surface area contributed by atoms with Gasteiger partial charge in [-0.05, 0) is 31.6 Å². The van der Waals surface area contributed by atoms with Crippen LogP contribution in [0.4, 0.5) is 10.6 Å². The predicted octanol–water partition coefficient (Wildman–Crippen LogP) is 2.43. The van der Waals surface area contributed by atoms with E-state index in [1.807, 2.05) is 42.2 Å². The molecule has 3 fully saturated rings. The van der Waals surface area contributed by atoms with Gasteiger partial charge in [0.05, 0.1) is 19.1 Å². The van der Waals surface area contributed by atoms with Crippen LogP contribution < -0.4 is 10.2 Å². The number of carbonyl (C=O) groups is 5. The summed E-state index contributed by atoms with van der Waals surface area (Å²) in [6.07, 6.45) is 0.794. The lowest BCUT2D eigenvalue weighted by atomic mass is 10.1. The van der Waals surface area contributed by atoms with Gasteiger partial charge >= 0.3 is 18.0 Å². The van der Waals surface area contributed by atoms with E-state index in [1.54, 1.807) is 13.0 Å². The third-order valence-electron chi connectivity index (χ3n) is 8.88. The number of rotatable bonds is 13. The zero-order valence-corrected chi connectivity index (χ0v) is 26.8. The van der Waals surface area contributed by atoms with Crippen molar-refractivity contribution in [3.63, 3.8) is 0 Å². The number of benzene rings is 1. The average molecular weight is 651 g/mol. The Morgan fingerprint density at radius 1 is 0.957 bits per heavy atom. The van der Waals surface area contributed by atoms with Crippen LogP contribution in [0.3, 0.4) is 0 Å². The summed E-state index contributed by atoms with van der Waals surface area (Å²) in [6.45, 7) is 6.60. The number of aromatic nitrogens is 2. The molecule has 1 unspecified atom stereocenters. The first-order valence-electron chi connectivity index (χ1n) is 16.3. The number of nitrogens with one attached hydrogen (secondary N) is 1. The van der Waals surface area contributed by atoms with E-state index < -0.39 is 29.9 Å². The largest absolute Gasteiger partial charge is 0.481 e. The Hall–Kier alpha value is -4.75. The van der Waals surface area contributed by atoms with Gasteiger partial charge in [0, 0.05) is 57.3 Å². The van der Waals surface area contributed by atoms with Crippen molar-refractivity contribution in [1.82, 2.24) is 25.1 Å². The lowest BCUT2D eigenvalue weighted by Crippen LogP contribution is -2.56. The normalized spacial score (nSPS) is 20.6. The fourth-order valence-electron chi connectivity index (χ4n) is 6.21. The molecule has 2 aromatic rings. The molecule has 1 aromatic heterocycles. The Morgan fingerprint density at radius 2 is 1.64 bits per heavy atom. The Balaban J connectivity index is 1.30. The second-order valence-electron chi connectivity index (χ2n) is 12.1. The van der Waals surface area contributed by atoms with Crippen LogP contribution in [0.25, 0.3) is 11.4 Å². The Bertz CT molecular complexity index is 1450. The van der Waals surface area contributed by atoms with Crippen LogP contribution in [0.1, 0.15) is 50.0 Å². The second kappa shape index (κ2) is 15.2. The number of carboxylic acids is 1. The van der Waals surface area contributed by atoms with E-state index in [9.17, 15) is 29.1 Å². The van der Waals surface area contributed by atoms with Gasteiger partial charge in [0.2, 0.25) is 5.91 Å². The maximum Gasteiger partial charge on any atom is 0.409 e. The highest BCUT2D eigenvalue weighted by Gasteiger charge is 2.60. The molecule has 2 saturated heterocycles. The number of hydrogen-bond donors (Lipinski definition) is 2. The molecule has 5 rings (SSSR count). The maximum atomic E-state index is 13.7. The van der Waals surface area contributed by atoms with Crippen LogP contribution in [-0.2, 0) is 23.9 Å². The number of nitrogens with zero attached hydrogens (tertiary/aromatic N) is 5. The molecule has 0 spiro atoms. The highest BCUT2D eigenvalue weighted by atomic mass is 16.6. The minimum absolute atomic E-state index is 0.0316. The van der Waals surface area contributed by atoms with E-state index in [0.29, 0.717) is 43.5 Å².